The van der Waals surface area contributed by atoms with E-state index in [4.69, 9.17) is 0 Å². The molecule has 2 nitrogen and oxygen atoms in total. The molecule has 0 amide bonds. The molecule has 1 N–H and O–H groups in total. The van der Waals surface area contributed by atoms with Crippen molar-refractivity contribution in [1.29, 1.82) is 0 Å². The fourth-order valence-corrected chi connectivity index (χ4v) is 3.10. The van der Waals surface area contributed by atoms with Crippen LogP contribution in [0.2, 0.25) is 0 Å². The van der Waals surface area contributed by atoms with Gasteiger partial charge in [-0.2, -0.15) is 0 Å². The van der Waals surface area contributed by atoms with Crippen molar-refractivity contribution in [3.63, 3.8) is 0 Å². The van der Waals surface area contributed by atoms with Gasteiger partial charge in [0, 0.05) is 12.0 Å². The third kappa shape index (κ3) is 10.6. The van der Waals surface area contributed by atoms with Gasteiger partial charge in [0.05, 0.1) is 6.10 Å². The highest BCUT2D eigenvalue weighted by Crippen LogP contribution is 2.14. The van der Waals surface area contributed by atoms with Crippen LogP contribution in [0.3, 0.4) is 0 Å². The molecule has 1 aromatic carbocycles. The summed E-state index contributed by atoms with van der Waals surface area (Å²) in [6.45, 7) is 2.26. The molecule has 0 aliphatic rings. The Morgan fingerprint density at radius 3 is 1.88 bits per heavy atom. The minimum atomic E-state index is -0.490. The lowest BCUT2D eigenvalue weighted by Crippen LogP contribution is -2.13. The second-order valence-electron chi connectivity index (χ2n) is 6.97. The van der Waals surface area contributed by atoms with Crippen LogP contribution in [0.1, 0.15) is 101 Å². The molecule has 0 fully saturated rings. The number of rotatable bonds is 15. The van der Waals surface area contributed by atoms with Crippen molar-refractivity contribution in [2.24, 2.45) is 0 Å². The highest BCUT2D eigenvalue weighted by Gasteiger charge is 2.12. The highest BCUT2D eigenvalue weighted by molar-refractivity contribution is 5.96. The molecule has 1 aromatic rings. The van der Waals surface area contributed by atoms with Crippen LogP contribution >= 0.6 is 0 Å². The Bertz CT molecular complexity index is 413. The van der Waals surface area contributed by atoms with E-state index >= 15 is 0 Å². The van der Waals surface area contributed by atoms with Gasteiger partial charge in [0.2, 0.25) is 0 Å². The third-order valence-corrected chi connectivity index (χ3v) is 4.66. The fourth-order valence-electron chi connectivity index (χ4n) is 3.10. The Hall–Kier alpha value is -1.15. The van der Waals surface area contributed by atoms with E-state index in [2.05, 4.69) is 6.92 Å². The predicted octanol–water partition coefficient (Wildman–Crippen LogP) is 6.32. The Kier molecular flexibility index (Phi) is 12.4. The van der Waals surface area contributed by atoms with Gasteiger partial charge in [-0.05, 0) is 6.42 Å². The van der Waals surface area contributed by atoms with Crippen molar-refractivity contribution >= 4 is 5.78 Å². The van der Waals surface area contributed by atoms with Crippen LogP contribution in [-0.4, -0.2) is 17.0 Å². The third-order valence-electron chi connectivity index (χ3n) is 4.66. The van der Waals surface area contributed by atoms with Crippen molar-refractivity contribution in [3.8, 4) is 0 Å². The number of hydrogen-bond acceptors (Lipinski definition) is 2. The summed E-state index contributed by atoms with van der Waals surface area (Å²) in [4.78, 5) is 12.0. The van der Waals surface area contributed by atoms with Gasteiger partial charge < -0.3 is 5.11 Å². The quantitative estimate of drug-likeness (QED) is 0.301. The van der Waals surface area contributed by atoms with E-state index in [1.165, 1.54) is 64.2 Å². The Balaban J connectivity index is 1.93. The lowest BCUT2D eigenvalue weighted by Gasteiger charge is -2.09. The zero-order chi connectivity index (χ0) is 17.5. The largest absolute Gasteiger partial charge is 0.393 e. The van der Waals surface area contributed by atoms with E-state index < -0.39 is 6.10 Å². The van der Waals surface area contributed by atoms with Crippen LogP contribution in [0.15, 0.2) is 30.3 Å². The second kappa shape index (κ2) is 14.2. The number of hydrogen-bond donors (Lipinski definition) is 1. The molecule has 2 heteroatoms. The van der Waals surface area contributed by atoms with Crippen molar-refractivity contribution in [1.82, 2.24) is 0 Å². The first-order chi connectivity index (χ1) is 11.7. The standard InChI is InChI=1S/C22H36O2/c1-2-3-4-5-6-7-8-9-10-11-15-18-21(23)19-22(24)20-16-13-12-14-17-20/h12-14,16-17,21,23H,2-11,15,18-19H2,1H3. The molecule has 1 unspecified atom stereocenters. The van der Waals surface area contributed by atoms with Gasteiger partial charge in [-0.25, -0.2) is 0 Å². The van der Waals surface area contributed by atoms with Crippen molar-refractivity contribution < 1.29 is 9.90 Å². The molecule has 0 radical (unpaired) electrons. The molecular formula is C22H36O2. The van der Waals surface area contributed by atoms with Gasteiger partial charge in [-0.1, -0.05) is 108 Å². The first kappa shape index (κ1) is 20.9. The maximum absolute atomic E-state index is 12.0. The van der Waals surface area contributed by atoms with E-state index in [1.807, 2.05) is 30.3 Å². The SMILES string of the molecule is CCCCCCCCCCCCCC(O)CC(=O)c1ccccc1. The molecule has 0 spiro atoms. The number of carbonyl (C=O) groups excluding carboxylic acids is 1. The Morgan fingerprint density at radius 2 is 1.33 bits per heavy atom. The summed E-state index contributed by atoms with van der Waals surface area (Å²) in [5.74, 6) is 0.0474. The molecular weight excluding hydrogens is 296 g/mol. The van der Waals surface area contributed by atoms with Gasteiger partial charge in [0.15, 0.2) is 5.78 Å². The van der Waals surface area contributed by atoms with Crippen LogP contribution < -0.4 is 0 Å². The molecule has 24 heavy (non-hydrogen) atoms. The minimum Gasteiger partial charge on any atom is -0.393 e. The molecule has 0 aliphatic carbocycles. The first-order valence-corrected chi connectivity index (χ1v) is 10.0. The van der Waals surface area contributed by atoms with Crippen molar-refractivity contribution in [3.05, 3.63) is 35.9 Å². The number of ketones is 1. The predicted molar refractivity (Wildman–Crippen MR) is 102 cm³/mol. The molecule has 0 saturated carbocycles. The summed E-state index contributed by atoms with van der Waals surface area (Å²) >= 11 is 0. The van der Waals surface area contributed by atoms with Gasteiger partial charge in [0.25, 0.3) is 0 Å². The number of unbranched alkanes of at least 4 members (excludes halogenated alkanes) is 10. The Morgan fingerprint density at radius 1 is 0.833 bits per heavy atom. The van der Waals surface area contributed by atoms with Crippen molar-refractivity contribution in [2.45, 2.75) is 96.5 Å². The maximum atomic E-state index is 12.0. The van der Waals surface area contributed by atoms with Crippen molar-refractivity contribution in [2.75, 3.05) is 0 Å². The molecule has 1 atom stereocenters. The number of benzene rings is 1. The molecule has 0 aromatic heterocycles. The number of aliphatic hydroxyl groups excluding tert-OH is 1. The van der Waals surface area contributed by atoms with Gasteiger partial charge in [0.1, 0.15) is 0 Å². The topological polar surface area (TPSA) is 37.3 Å². The van der Waals surface area contributed by atoms with E-state index in [1.54, 1.807) is 0 Å². The molecule has 0 heterocycles. The first-order valence-electron chi connectivity index (χ1n) is 10.0. The van der Waals surface area contributed by atoms with Gasteiger partial charge in [-0.15, -0.1) is 0 Å². The zero-order valence-corrected chi connectivity index (χ0v) is 15.5. The van der Waals surface area contributed by atoms with Gasteiger partial charge >= 0.3 is 0 Å². The van der Waals surface area contributed by atoms with E-state index in [0.717, 1.165) is 12.8 Å². The lowest BCUT2D eigenvalue weighted by molar-refractivity contribution is 0.0864. The maximum Gasteiger partial charge on any atom is 0.165 e. The second-order valence-corrected chi connectivity index (χ2v) is 6.97. The minimum absolute atomic E-state index is 0.0474. The summed E-state index contributed by atoms with van der Waals surface area (Å²) in [7, 11) is 0. The summed E-state index contributed by atoms with van der Waals surface area (Å²) < 4.78 is 0. The molecule has 136 valence electrons. The number of Topliss-reactive ketones (excluding diaryl/α,β-unsaturated/α-hetero) is 1. The molecule has 0 aliphatic heterocycles. The lowest BCUT2D eigenvalue weighted by atomic mass is 10.0. The average Bonchev–Trinajstić information content (AvgIpc) is 2.60. The summed E-state index contributed by atoms with van der Waals surface area (Å²) in [6.07, 6.45) is 14.9. The average molecular weight is 333 g/mol. The van der Waals surface area contributed by atoms with Crippen LogP contribution in [-0.2, 0) is 0 Å². The van der Waals surface area contributed by atoms with Crippen LogP contribution in [0, 0.1) is 0 Å². The summed E-state index contributed by atoms with van der Waals surface area (Å²) in [5.41, 5.74) is 0.704. The van der Waals surface area contributed by atoms with Crippen LogP contribution in [0.4, 0.5) is 0 Å². The summed E-state index contributed by atoms with van der Waals surface area (Å²) in [6, 6.07) is 9.26. The normalized spacial score (nSPS) is 12.2. The summed E-state index contributed by atoms with van der Waals surface area (Å²) in [5, 5.41) is 10.0. The van der Waals surface area contributed by atoms with E-state index in [9.17, 15) is 9.90 Å². The van der Waals surface area contributed by atoms with E-state index in [0.29, 0.717) is 5.56 Å². The van der Waals surface area contributed by atoms with E-state index in [-0.39, 0.29) is 12.2 Å². The molecule has 1 rings (SSSR count). The zero-order valence-electron chi connectivity index (χ0n) is 15.5. The van der Waals surface area contributed by atoms with Gasteiger partial charge in [-0.3, -0.25) is 4.79 Å². The Labute approximate surface area is 148 Å². The molecule has 0 saturated heterocycles. The number of aliphatic hydroxyl groups is 1. The number of carbonyl (C=O) groups is 1. The fraction of sp³-hybridized carbons (Fsp3) is 0.682. The highest BCUT2D eigenvalue weighted by atomic mass is 16.3. The smallest absolute Gasteiger partial charge is 0.165 e. The van der Waals surface area contributed by atoms with Crippen LogP contribution in [0.25, 0.3) is 0 Å². The monoisotopic (exact) mass is 332 g/mol. The molecule has 0 bridgehead atoms. The van der Waals surface area contributed by atoms with Crippen LogP contribution in [0.5, 0.6) is 0 Å².